The molecule has 5 heteroatoms. The Hall–Kier alpha value is -1.88. The Kier molecular flexibility index (Phi) is 2.98. The fourth-order valence-corrected chi connectivity index (χ4v) is 2.20. The number of imidazole rings is 1. The van der Waals surface area contributed by atoms with Crippen LogP contribution in [-0.4, -0.2) is 28.0 Å². The van der Waals surface area contributed by atoms with E-state index in [1.54, 1.807) is 6.20 Å². The number of anilines is 1. The number of carbonyl (C=O) groups is 1. The number of fused-ring (bicyclic) bond motifs is 1. The molecule has 0 radical (unpaired) electrons. The number of aromatic nitrogens is 2. The number of ether oxygens (including phenoxy) is 1. The summed E-state index contributed by atoms with van der Waals surface area (Å²) in [6.45, 7) is 0.674. The molecule has 5 nitrogen and oxygen atoms in total. The first-order valence-corrected chi connectivity index (χ1v) is 6.19. The van der Waals surface area contributed by atoms with Crippen molar-refractivity contribution in [3.05, 3.63) is 30.6 Å². The Balaban J connectivity index is 1.79. The summed E-state index contributed by atoms with van der Waals surface area (Å²) in [5.41, 5.74) is 0.817. The highest BCUT2D eigenvalue weighted by molar-refractivity contribution is 5.93. The molecular formula is C13H15N3O2. The van der Waals surface area contributed by atoms with Gasteiger partial charge in [0.05, 0.1) is 0 Å². The second kappa shape index (κ2) is 4.78. The number of hydrogen-bond acceptors (Lipinski definition) is 3. The van der Waals surface area contributed by atoms with Crippen LogP contribution in [0, 0.1) is 0 Å². The SMILES string of the molecule is O=C(Nc1cccc2nccn12)C1CCCCO1. The smallest absolute Gasteiger partial charge is 0.254 e. The van der Waals surface area contributed by atoms with E-state index in [1.807, 2.05) is 28.8 Å². The van der Waals surface area contributed by atoms with Crippen molar-refractivity contribution in [3.63, 3.8) is 0 Å². The molecule has 3 rings (SSSR count). The highest BCUT2D eigenvalue weighted by atomic mass is 16.5. The minimum absolute atomic E-state index is 0.0732. The van der Waals surface area contributed by atoms with Crippen LogP contribution in [0.25, 0.3) is 5.65 Å². The van der Waals surface area contributed by atoms with Gasteiger partial charge in [-0.05, 0) is 31.4 Å². The third kappa shape index (κ3) is 2.09. The first-order chi connectivity index (χ1) is 8.84. The van der Waals surface area contributed by atoms with E-state index in [1.165, 1.54) is 0 Å². The maximum atomic E-state index is 12.1. The van der Waals surface area contributed by atoms with Crippen molar-refractivity contribution in [2.45, 2.75) is 25.4 Å². The maximum Gasteiger partial charge on any atom is 0.254 e. The summed E-state index contributed by atoms with van der Waals surface area (Å²) in [6.07, 6.45) is 6.10. The number of hydrogen-bond donors (Lipinski definition) is 1. The molecule has 3 heterocycles. The topological polar surface area (TPSA) is 55.6 Å². The van der Waals surface area contributed by atoms with Gasteiger partial charge >= 0.3 is 0 Å². The summed E-state index contributed by atoms with van der Waals surface area (Å²) in [5, 5.41) is 2.90. The van der Waals surface area contributed by atoms with Crippen LogP contribution < -0.4 is 5.32 Å². The minimum Gasteiger partial charge on any atom is -0.368 e. The van der Waals surface area contributed by atoms with Crippen LogP contribution in [0.3, 0.4) is 0 Å². The van der Waals surface area contributed by atoms with E-state index in [4.69, 9.17) is 4.74 Å². The fourth-order valence-electron chi connectivity index (χ4n) is 2.20. The third-order valence-corrected chi connectivity index (χ3v) is 3.15. The zero-order chi connectivity index (χ0) is 12.4. The van der Waals surface area contributed by atoms with Crippen LogP contribution in [0.2, 0.25) is 0 Å². The zero-order valence-electron chi connectivity index (χ0n) is 10.0. The van der Waals surface area contributed by atoms with E-state index < -0.39 is 0 Å². The van der Waals surface area contributed by atoms with Crippen molar-refractivity contribution in [1.29, 1.82) is 0 Å². The molecule has 1 aliphatic rings. The second-order valence-corrected chi connectivity index (χ2v) is 4.41. The molecule has 1 N–H and O–H groups in total. The molecule has 0 bridgehead atoms. The predicted octanol–water partition coefficient (Wildman–Crippen LogP) is 1.84. The number of amides is 1. The number of carbonyl (C=O) groups excluding carboxylic acids is 1. The Morgan fingerprint density at radius 3 is 3.22 bits per heavy atom. The van der Waals surface area contributed by atoms with Gasteiger partial charge in [-0.3, -0.25) is 9.20 Å². The van der Waals surface area contributed by atoms with Crippen molar-refractivity contribution >= 4 is 17.4 Å². The second-order valence-electron chi connectivity index (χ2n) is 4.41. The van der Waals surface area contributed by atoms with Crippen LogP contribution in [0.5, 0.6) is 0 Å². The lowest BCUT2D eigenvalue weighted by atomic mass is 10.1. The number of pyridine rings is 1. The van der Waals surface area contributed by atoms with Crippen LogP contribution in [0.15, 0.2) is 30.6 Å². The largest absolute Gasteiger partial charge is 0.368 e. The average molecular weight is 245 g/mol. The summed E-state index contributed by atoms with van der Waals surface area (Å²) in [6, 6.07) is 5.63. The molecule has 1 saturated heterocycles. The van der Waals surface area contributed by atoms with Crippen molar-refractivity contribution in [1.82, 2.24) is 9.38 Å². The molecule has 1 amide bonds. The monoisotopic (exact) mass is 245 g/mol. The van der Waals surface area contributed by atoms with Gasteiger partial charge < -0.3 is 10.1 Å². The summed E-state index contributed by atoms with van der Waals surface area (Å²) >= 11 is 0. The van der Waals surface area contributed by atoms with Crippen molar-refractivity contribution < 1.29 is 9.53 Å². The normalized spacial score (nSPS) is 19.9. The van der Waals surface area contributed by atoms with E-state index in [9.17, 15) is 4.79 Å². The van der Waals surface area contributed by atoms with Gasteiger partial charge in [0.1, 0.15) is 17.6 Å². The lowest BCUT2D eigenvalue weighted by Crippen LogP contribution is -2.33. The van der Waals surface area contributed by atoms with Gasteiger partial charge in [-0.2, -0.15) is 0 Å². The van der Waals surface area contributed by atoms with Gasteiger partial charge in [-0.25, -0.2) is 4.98 Å². The molecule has 0 aromatic carbocycles. The van der Waals surface area contributed by atoms with Crippen LogP contribution in [0.4, 0.5) is 5.82 Å². The van der Waals surface area contributed by atoms with Crippen molar-refractivity contribution in [2.24, 2.45) is 0 Å². The molecule has 2 aromatic rings. The molecule has 0 saturated carbocycles. The minimum atomic E-state index is -0.322. The molecule has 1 unspecified atom stereocenters. The third-order valence-electron chi connectivity index (χ3n) is 3.15. The quantitative estimate of drug-likeness (QED) is 0.878. The summed E-state index contributed by atoms with van der Waals surface area (Å²) < 4.78 is 7.32. The molecule has 1 fully saturated rings. The number of nitrogens with zero attached hydrogens (tertiary/aromatic N) is 2. The predicted molar refractivity (Wildman–Crippen MR) is 67.4 cm³/mol. The van der Waals surface area contributed by atoms with E-state index in [0.717, 1.165) is 30.7 Å². The van der Waals surface area contributed by atoms with Crippen molar-refractivity contribution in [2.75, 3.05) is 11.9 Å². The molecule has 0 spiro atoms. The Bertz CT molecular complexity index is 558. The molecule has 0 aliphatic carbocycles. The molecule has 2 aromatic heterocycles. The molecule has 1 aliphatic heterocycles. The Labute approximate surface area is 105 Å². The molecule has 18 heavy (non-hydrogen) atoms. The van der Waals surface area contributed by atoms with Gasteiger partial charge in [-0.15, -0.1) is 0 Å². The van der Waals surface area contributed by atoms with Gasteiger partial charge in [0.2, 0.25) is 0 Å². The van der Waals surface area contributed by atoms with Gasteiger partial charge in [0.25, 0.3) is 5.91 Å². The highest BCUT2D eigenvalue weighted by Gasteiger charge is 2.22. The van der Waals surface area contributed by atoms with Crippen LogP contribution >= 0.6 is 0 Å². The standard InChI is InChI=1S/C13H15N3O2/c17-13(10-4-1-2-9-18-10)15-12-6-3-5-11-14-7-8-16(11)12/h3,5-8,10H,1-2,4,9H2,(H,15,17). The van der Waals surface area contributed by atoms with Gasteiger partial charge in [0.15, 0.2) is 0 Å². The Morgan fingerprint density at radius 2 is 2.39 bits per heavy atom. The van der Waals surface area contributed by atoms with E-state index in [-0.39, 0.29) is 12.0 Å². The first-order valence-electron chi connectivity index (χ1n) is 6.19. The van der Waals surface area contributed by atoms with E-state index in [0.29, 0.717) is 6.61 Å². The Morgan fingerprint density at radius 1 is 1.44 bits per heavy atom. The number of nitrogens with one attached hydrogen (secondary N) is 1. The summed E-state index contributed by atoms with van der Waals surface area (Å²) in [5.74, 6) is 0.653. The summed E-state index contributed by atoms with van der Waals surface area (Å²) in [4.78, 5) is 16.2. The van der Waals surface area contributed by atoms with Gasteiger partial charge in [-0.1, -0.05) is 6.07 Å². The fraction of sp³-hybridized carbons (Fsp3) is 0.385. The van der Waals surface area contributed by atoms with E-state index >= 15 is 0 Å². The lowest BCUT2D eigenvalue weighted by molar-refractivity contribution is -0.130. The van der Waals surface area contributed by atoms with Gasteiger partial charge in [0, 0.05) is 19.0 Å². The highest BCUT2D eigenvalue weighted by Crippen LogP contribution is 2.16. The maximum absolute atomic E-state index is 12.1. The first kappa shape index (κ1) is 11.2. The van der Waals surface area contributed by atoms with E-state index in [2.05, 4.69) is 10.3 Å². The van der Waals surface area contributed by atoms with Crippen LogP contribution in [0.1, 0.15) is 19.3 Å². The van der Waals surface area contributed by atoms with Crippen molar-refractivity contribution in [3.8, 4) is 0 Å². The number of rotatable bonds is 2. The molecule has 94 valence electrons. The molecular weight excluding hydrogens is 230 g/mol. The average Bonchev–Trinajstić information content (AvgIpc) is 2.89. The zero-order valence-corrected chi connectivity index (χ0v) is 10.0. The van der Waals surface area contributed by atoms with Crippen LogP contribution in [-0.2, 0) is 9.53 Å². The summed E-state index contributed by atoms with van der Waals surface area (Å²) in [7, 11) is 0. The lowest BCUT2D eigenvalue weighted by Gasteiger charge is -2.21. The molecule has 1 atom stereocenters.